The molecule has 0 aliphatic heterocycles. The van der Waals surface area contributed by atoms with E-state index in [-0.39, 0.29) is 18.3 Å². The Kier molecular flexibility index (Phi) is 6.00. The van der Waals surface area contributed by atoms with Crippen LogP contribution >= 0.6 is 12.4 Å². The van der Waals surface area contributed by atoms with E-state index in [9.17, 15) is 4.79 Å². The maximum absolute atomic E-state index is 12.0. The summed E-state index contributed by atoms with van der Waals surface area (Å²) in [6.07, 6.45) is 3.18. The lowest BCUT2D eigenvalue weighted by molar-refractivity contribution is 0.102. The van der Waals surface area contributed by atoms with Gasteiger partial charge in [0, 0.05) is 18.1 Å². The molecule has 1 heterocycles. The minimum Gasteiger partial charge on any atom is -0.494 e. The number of amides is 1. The van der Waals surface area contributed by atoms with Crippen LogP contribution in [-0.4, -0.2) is 17.5 Å². The SMILES string of the molecule is CCOc1ccc(NC(=O)c2cccnc2)cc1C.Cl. The van der Waals surface area contributed by atoms with E-state index in [0.29, 0.717) is 12.2 Å². The van der Waals surface area contributed by atoms with Crippen molar-refractivity contribution in [3.63, 3.8) is 0 Å². The van der Waals surface area contributed by atoms with Crippen LogP contribution in [0.5, 0.6) is 5.75 Å². The van der Waals surface area contributed by atoms with Gasteiger partial charge in [-0.15, -0.1) is 12.4 Å². The number of hydrogen-bond donors (Lipinski definition) is 1. The van der Waals surface area contributed by atoms with Crippen LogP contribution in [0.3, 0.4) is 0 Å². The molecule has 0 aliphatic rings. The molecular weight excluding hydrogens is 276 g/mol. The Morgan fingerprint density at radius 1 is 1.35 bits per heavy atom. The molecule has 0 bridgehead atoms. The Balaban J connectivity index is 0.00000200. The summed E-state index contributed by atoms with van der Waals surface area (Å²) in [4.78, 5) is 15.9. The minimum atomic E-state index is -0.170. The van der Waals surface area contributed by atoms with Gasteiger partial charge in [-0.1, -0.05) is 0 Å². The van der Waals surface area contributed by atoms with E-state index in [2.05, 4.69) is 10.3 Å². The number of halogens is 1. The first-order valence-electron chi connectivity index (χ1n) is 6.15. The summed E-state index contributed by atoms with van der Waals surface area (Å²) in [6.45, 7) is 4.52. The number of carbonyl (C=O) groups is 1. The highest BCUT2D eigenvalue weighted by atomic mass is 35.5. The summed E-state index contributed by atoms with van der Waals surface area (Å²) in [5.41, 5.74) is 2.27. The van der Waals surface area contributed by atoms with Gasteiger partial charge < -0.3 is 10.1 Å². The third kappa shape index (κ3) is 3.96. The van der Waals surface area contributed by atoms with Gasteiger partial charge in [0.05, 0.1) is 12.2 Å². The number of pyridine rings is 1. The van der Waals surface area contributed by atoms with E-state index in [1.807, 2.05) is 32.0 Å². The first-order valence-corrected chi connectivity index (χ1v) is 6.15. The molecule has 20 heavy (non-hydrogen) atoms. The molecule has 0 saturated heterocycles. The van der Waals surface area contributed by atoms with Crippen LogP contribution in [0.25, 0.3) is 0 Å². The van der Waals surface area contributed by atoms with Crippen LogP contribution in [0.4, 0.5) is 5.69 Å². The minimum absolute atomic E-state index is 0. The van der Waals surface area contributed by atoms with Crippen molar-refractivity contribution in [3.05, 3.63) is 53.9 Å². The third-order valence-electron chi connectivity index (χ3n) is 2.66. The number of aryl methyl sites for hydroxylation is 1. The molecule has 1 amide bonds. The number of nitrogens with zero attached hydrogens (tertiary/aromatic N) is 1. The second kappa shape index (κ2) is 7.50. The van der Waals surface area contributed by atoms with E-state index in [1.54, 1.807) is 18.3 Å². The van der Waals surface area contributed by atoms with Gasteiger partial charge in [0.2, 0.25) is 0 Å². The molecule has 1 aromatic heterocycles. The number of carbonyl (C=O) groups excluding carboxylic acids is 1. The average Bonchev–Trinajstić information content (AvgIpc) is 2.43. The Morgan fingerprint density at radius 2 is 2.15 bits per heavy atom. The molecule has 1 aromatic carbocycles. The zero-order valence-corrected chi connectivity index (χ0v) is 12.2. The smallest absolute Gasteiger partial charge is 0.257 e. The fourth-order valence-corrected chi connectivity index (χ4v) is 1.74. The number of nitrogens with one attached hydrogen (secondary N) is 1. The molecular formula is C15H17ClN2O2. The number of rotatable bonds is 4. The second-order valence-corrected chi connectivity index (χ2v) is 4.11. The summed E-state index contributed by atoms with van der Waals surface area (Å²) in [6, 6.07) is 9.03. The van der Waals surface area contributed by atoms with Gasteiger partial charge in [0.15, 0.2) is 0 Å². The van der Waals surface area contributed by atoms with Crippen molar-refractivity contribution in [1.29, 1.82) is 0 Å². The van der Waals surface area contributed by atoms with Gasteiger partial charge in [-0.2, -0.15) is 0 Å². The number of aromatic nitrogens is 1. The van der Waals surface area contributed by atoms with E-state index in [1.165, 1.54) is 6.20 Å². The molecule has 0 fully saturated rings. The fourth-order valence-electron chi connectivity index (χ4n) is 1.74. The predicted octanol–water partition coefficient (Wildman–Crippen LogP) is 3.46. The Labute approximate surface area is 124 Å². The second-order valence-electron chi connectivity index (χ2n) is 4.11. The number of hydrogen-bond acceptors (Lipinski definition) is 3. The zero-order valence-electron chi connectivity index (χ0n) is 11.4. The van der Waals surface area contributed by atoms with Crippen LogP contribution in [0.15, 0.2) is 42.7 Å². The molecule has 0 aliphatic carbocycles. The summed E-state index contributed by atoms with van der Waals surface area (Å²) in [7, 11) is 0. The first-order chi connectivity index (χ1) is 9.20. The molecule has 1 N–H and O–H groups in total. The topological polar surface area (TPSA) is 51.2 Å². The van der Waals surface area contributed by atoms with Crippen LogP contribution in [0, 0.1) is 6.92 Å². The highest BCUT2D eigenvalue weighted by molar-refractivity contribution is 6.04. The van der Waals surface area contributed by atoms with E-state index < -0.39 is 0 Å². The quantitative estimate of drug-likeness (QED) is 0.939. The highest BCUT2D eigenvalue weighted by Gasteiger charge is 2.07. The molecule has 5 heteroatoms. The van der Waals surface area contributed by atoms with Crippen LogP contribution < -0.4 is 10.1 Å². The molecule has 0 saturated carbocycles. The lowest BCUT2D eigenvalue weighted by Crippen LogP contribution is -2.12. The van der Waals surface area contributed by atoms with Crippen LogP contribution in [-0.2, 0) is 0 Å². The summed E-state index contributed by atoms with van der Waals surface area (Å²) in [5, 5.41) is 2.83. The first kappa shape index (κ1) is 16.0. The highest BCUT2D eigenvalue weighted by Crippen LogP contribution is 2.22. The Morgan fingerprint density at radius 3 is 2.75 bits per heavy atom. The number of ether oxygens (including phenoxy) is 1. The molecule has 4 nitrogen and oxygen atoms in total. The predicted molar refractivity (Wildman–Crippen MR) is 81.8 cm³/mol. The molecule has 0 unspecified atom stereocenters. The Hall–Kier alpha value is -2.07. The maximum Gasteiger partial charge on any atom is 0.257 e. The lowest BCUT2D eigenvalue weighted by atomic mass is 10.2. The van der Waals surface area contributed by atoms with Crippen LogP contribution in [0.2, 0.25) is 0 Å². The standard InChI is InChI=1S/C15H16N2O2.ClH/c1-3-19-14-7-6-13(9-11(14)2)17-15(18)12-5-4-8-16-10-12;/h4-10H,3H2,1-2H3,(H,17,18);1H. The zero-order chi connectivity index (χ0) is 13.7. The van der Waals surface area contributed by atoms with Crippen molar-refractivity contribution in [2.75, 3.05) is 11.9 Å². The third-order valence-corrected chi connectivity index (χ3v) is 2.66. The normalized spacial score (nSPS) is 9.50. The number of anilines is 1. The van der Waals surface area contributed by atoms with Gasteiger partial charge in [-0.25, -0.2) is 0 Å². The molecule has 2 aromatic rings. The van der Waals surface area contributed by atoms with Gasteiger partial charge in [-0.05, 0) is 49.7 Å². The molecule has 0 atom stereocenters. The van der Waals surface area contributed by atoms with Crippen molar-refractivity contribution in [3.8, 4) is 5.75 Å². The van der Waals surface area contributed by atoms with Crippen molar-refractivity contribution in [2.45, 2.75) is 13.8 Å². The van der Waals surface area contributed by atoms with Gasteiger partial charge in [0.1, 0.15) is 5.75 Å². The molecule has 0 spiro atoms. The maximum atomic E-state index is 12.0. The van der Waals surface area contributed by atoms with E-state index in [4.69, 9.17) is 4.74 Å². The van der Waals surface area contributed by atoms with Gasteiger partial charge in [-0.3, -0.25) is 9.78 Å². The van der Waals surface area contributed by atoms with Crippen molar-refractivity contribution in [2.24, 2.45) is 0 Å². The van der Waals surface area contributed by atoms with Crippen LogP contribution in [0.1, 0.15) is 22.8 Å². The fraction of sp³-hybridized carbons (Fsp3) is 0.200. The average molecular weight is 293 g/mol. The van der Waals surface area contributed by atoms with Crippen molar-refractivity contribution < 1.29 is 9.53 Å². The summed E-state index contributed by atoms with van der Waals surface area (Å²) < 4.78 is 5.46. The largest absolute Gasteiger partial charge is 0.494 e. The van der Waals surface area contributed by atoms with Crippen molar-refractivity contribution >= 4 is 24.0 Å². The number of benzene rings is 1. The molecule has 0 radical (unpaired) electrons. The monoisotopic (exact) mass is 292 g/mol. The van der Waals surface area contributed by atoms with Gasteiger partial charge >= 0.3 is 0 Å². The van der Waals surface area contributed by atoms with E-state index in [0.717, 1.165) is 17.0 Å². The Bertz CT molecular complexity index is 573. The van der Waals surface area contributed by atoms with Crippen molar-refractivity contribution in [1.82, 2.24) is 4.98 Å². The van der Waals surface area contributed by atoms with E-state index >= 15 is 0 Å². The molecule has 2 rings (SSSR count). The molecule has 106 valence electrons. The van der Waals surface area contributed by atoms with Gasteiger partial charge in [0.25, 0.3) is 5.91 Å². The summed E-state index contributed by atoms with van der Waals surface area (Å²) >= 11 is 0. The summed E-state index contributed by atoms with van der Waals surface area (Å²) in [5.74, 6) is 0.665. The lowest BCUT2D eigenvalue weighted by Gasteiger charge is -2.10.